The fourth-order valence-electron chi connectivity index (χ4n) is 2.40. The fraction of sp³-hybridized carbons (Fsp3) is 0.842. The second kappa shape index (κ2) is 13.7. The summed E-state index contributed by atoms with van der Waals surface area (Å²) < 4.78 is 47.6. The van der Waals surface area contributed by atoms with Gasteiger partial charge in [-0.2, -0.15) is 0 Å². The molecule has 13 heteroatoms. The van der Waals surface area contributed by atoms with E-state index < -0.39 is 50.3 Å². The maximum Gasteiger partial charge on any atom is 0.510 e. The van der Waals surface area contributed by atoms with Crippen LogP contribution in [0.4, 0.5) is 4.79 Å². The average Bonchev–Trinajstić information content (AvgIpc) is 2.69. The summed E-state index contributed by atoms with van der Waals surface area (Å²) in [6, 6.07) is 0. The zero-order valence-corrected chi connectivity index (χ0v) is 20.1. The van der Waals surface area contributed by atoms with Crippen molar-refractivity contribution in [3.63, 3.8) is 0 Å². The lowest BCUT2D eigenvalue weighted by atomic mass is 9.87. The standard InChI is InChI=1S/C19H34NO11P/c1-6-25-10-7-11-26-15(21)8-9-20-17(22)16-19(4,5)12-28-32(24,31-16)29-13-27-18(23)30-14(2)3/h14,16H,6-13H2,1-5H3,(H,20,22)/t16-,32?/m0/s1. The number of nitrogens with one attached hydrogen (secondary N) is 1. The van der Waals surface area contributed by atoms with Crippen LogP contribution in [0.5, 0.6) is 0 Å². The Morgan fingerprint density at radius 1 is 1.19 bits per heavy atom. The molecule has 1 aliphatic heterocycles. The Bertz CT molecular complexity index is 668. The number of amides is 1. The van der Waals surface area contributed by atoms with Crippen LogP contribution in [-0.2, 0) is 46.7 Å². The molecular weight excluding hydrogens is 449 g/mol. The molecule has 32 heavy (non-hydrogen) atoms. The highest BCUT2D eigenvalue weighted by Crippen LogP contribution is 2.57. The van der Waals surface area contributed by atoms with Crippen LogP contribution >= 0.6 is 7.82 Å². The van der Waals surface area contributed by atoms with Crippen LogP contribution in [0.15, 0.2) is 0 Å². The molecule has 1 N–H and O–H groups in total. The number of carbonyl (C=O) groups excluding carboxylic acids is 3. The number of esters is 1. The molecule has 0 saturated carbocycles. The van der Waals surface area contributed by atoms with E-state index in [1.165, 1.54) is 0 Å². The first-order chi connectivity index (χ1) is 15.0. The van der Waals surface area contributed by atoms with Crippen molar-refractivity contribution in [1.82, 2.24) is 5.32 Å². The molecular formula is C19H34NO11P. The molecule has 0 spiro atoms. The first-order valence-corrected chi connectivity index (χ1v) is 11.9. The van der Waals surface area contributed by atoms with E-state index in [1.54, 1.807) is 27.7 Å². The molecule has 0 radical (unpaired) electrons. The van der Waals surface area contributed by atoms with Gasteiger partial charge < -0.3 is 24.3 Å². The Morgan fingerprint density at radius 3 is 2.56 bits per heavy atom. The molecule has 0 bridgehead atoms. The SMILES string of the molecule is CCOCCCOC(=O)CCNC(=O)[C@@H]1OP(=O)(OCOC(=O)OC(C)C)OCC1(C)C. The summed E-state index contributed by atoms with van der Waals surface area (Å²) in [6.45, 7) is 8.99. The summed E-state index contributed by atoms with van der Waals surface area (Å²) in [5.41, 5.74) is -0.835. The van der Waals surface area contributed by atoms with Gasteiger partial charge in [0.05, 0.1) is 25.7 Å². The van der Waals surface area contributed by atoms with Crippen molar-refractivity contribution in [2.75, 3.05) is 39.8 Å². The number of hydrogen-bond donors (Lipinski definition) is 1. The lowest BCUT2D eigenvalue weighted by molar-refractivity contribution is -0.145. The molecule has 1 saturated heterocycles. The van der Waals surface area contributed by atoms with E-state index in [9.17, 15) is 18.9 Å². The van der Waals surface area contributed by atoms with Crippen LogP contribution in [0, 0.1) is 5.41 Å². The van der Waals surface area contributed by atoms with E-state index in [0.717, 1.165) is 0 Å². The molecule has 1 rings (SSSR count). The largest absolute Gasteiger partial charge is 0.510 e. The zero-order chi connectivity index (χ0) is 24.2. The molecule has 12 nitrogen and oxygen atoms in total. The van der Waals surface area contributed by atoms with Crippen molar-refractivity contribution in [3.8, 4) is 0 Å². The van der Waals surface area contributed by atoms with Gasteiger partial charge in [-0.1, -0.05) is 13.8 Å². The van der Waals surface area contributed by atoms with Gasteiger partial charge >= 0.3 is 19.9 Å². The van der Waals surface area contributed by atoms with E-state index in [-0.39, 0.29) is 26.2 Å². The molecule has 0 aromatic rings. The Kier molecular flexibility index (Phi) is 12.2. The maximum absolute atomic E-state index is 12.7. The second-order valence-electron chi connectivity index (χ2n) is 7.81. The van der Waals surface area contributed by atoms with Crippen LogP contribution in [-0.4, -0.2) is 70.0 Å². The van der Waals surface area contributed by atoms with Crippen LogP contribution < -0.4 is 5.32 Å². The maximum atomic E-state index is 12.7. The van der Waals surface area contributed by atoms with Crippen LogP contribution in [0.25, 0.3) is 0 Å². The van der Waals surface area contributed by atoms with E-state index in [0.29, 0.717) is 19.6 Å². The molecule has 0 aliphatic carbocycles. The lowest BCUT2D eigenvalue weighted by Crippen LogP contribution is -2.50. The second-order valence-corrected chi connectivity index (χ2v) is 9.44. The van der Waals surface area contributed by atoms with Gasteiger partial charge in [0.2, 0.25) is 12.7 Å². The first-order valence-electron chi connectivity index (χ1n) is 10.4. The third-order valence-corrected chi connectivity index (χ3v) is 5.36. The summed E-state index contributed by atoms with van der Waals surface area (Å²) in [6.07, 6.45) is -2.05. The third kappa shape index (κ3) is 10.7. The van der Waals surface area contributed by atoms with E-state index >= 15 is 0 Å². The first kappa shape index (κ1) is 28.3. The molecule has 0 aromatic carbocycles. The number of phosphoric acid groups is 1. The fourth-order valence-corrected chi connectivity index (χ4v) is 3.91. The van der Waals surface area contributed by atoms with Crippen molar-refractivity contribution >= 4 is 25.9 Å². The van der Waals surface area contributed by atoms with Crippen molar-refractivity contribution in [3.05, 3.63) is 0 Å². The summed E-state index contributed by atoms with van der Waals surface area (Å²) in [5, 5.41) is 2.56. The van der Waals surface area contributed by atoms with Gasteiger partial charge in [-0.15, -0.1) is 0 Å². The molecule has 1 heterocycles. The molecule has 0 aromatic heterocycles. The minimum Gasteiger partial charge on any atom is -0.466 e. The quantitative estimate of drug-likeness (QED) is 0.178. The summed E-state index contributed by atoms with van der Waals surface area (Å²) in [7, 11) is -4.17. The van der Waals surface area contributed by atoms with Crippen molar-refractivity contribution in [2.45, 2.75) is 59.7 Å². The van der Waals surface area contributed by atoms with Crippen LogP contribution in [0.1, 0.15) is 47.5 Å². The van der Waals surface area contributed by atoms with Gasteiger partial charge in [-0.05, 0) is 20.8 Å². The molecule has 1 fully saturated rings. The highest BCUT2D eigenvalue weighted by molar-refractivity contribution is 7.48. The van der Waals surface area contributed by atoms with Gasteiger partial charge in [0.15, 0.2) is 6.10 Å². The Balaban J connectivity index is 2.45. The summed E-state index contributed by atoms with van der Waals surface area (Å²) in [5.74, 6) is -1.06. The highest BCUT2D eigenvalue weighted by Gasteiger charge is 2.49. The lowest BCUT2D eigenvalue weighted by Gasteiger charge is -2.39. The van der Waals surface area contributed by atoms with Crippen molar-refractivity contribution in [1.29, 1.82) is 0 Å². The molecule has 1 unspecified atom stereocenters. The molecule has 186 valence electrons. The normalized spacial score (nSPS) is 22.2. The Hall–Kier alpha value is -1.72. The van der Waals surface area contributed by atoms with Crippen molar-refractivity contribution < 1.29 is 51.5 Å². The monoisotopic (exact) mass is 483 g/mol. The van der Waals surface area contributed by atoms with Gasteiger partial charge in [0, 0.05) is 31.6 Å². The zero-order valence-electron chi connectivity index (χ0n) is 19.2. The summed E-state index contributed by atoms with van der Waals surface area (Å²) >= 11 is 0. The topological polar surface area (TPSA) is 145 Å². The molecule has 2 atom stereocenters. The van der Waals surface area contributed by atoms with Crippen LogP contribution in [0.2, 0.25) is 0 Å². The average molecular weight is 483 g/mol. The molecule has 1 aliphatic rings. The predicted octanol–water partition coefficient (Wildman–Crippen LogP) is 2.55. The predicted molar refractivity (Wildman–Crippen MR) is 111 cm³/mol. The smallest absolute Gasteiger partial charge is 0.466 e. The highest BCUT2D eigenvalue weighted by atomic mass is 31.2. The third-order valence-electron chi connectivity index (χ3n) is 4.03. The van der Waals surface area contributed by atoms with Crippen molar-refractivity contribution in [2.24, 2.45) is 5.41 Å². The van der Waals surface area contributed by atoms with Gasteiger partial charge in [0.1, 0.15) is 0 Å². The number of ether oxygens (including phenoxy) is 4. The van der Waals surface area contributed by atoms with Gasteiger partial charge in [0.25, 0.3) is 0 Å². The Morgan fingerprint density at radius 2 is 1.91 bits per heavy atom. The number of phosphoric ester groups is 1. The van der Waals surface area contributed by atoms with E-state index in [4.69, 9.17) is 27.8 Å². The molecule has 1 amide bonds. The van der Waals surface area contributed by atoms with Crippen LogP contribution in [0.3, 0.4) is 0 Å². The minimum atomic E-state index is -4.17. The number of rotatable bonds is 13. The number of hydrogen-bond acceptors (Lipinski definition) is 11. The van der Waals surface area contributed by atoms with E-state index in [2.05, 4.69) is 10.1 Å². The van der Waals surface area contributed by atoms with Gasteiger partial charge in [-0.3, -0.25) is 18.6 Å². The minimum absolute atomic E-state index is 0.00916. The van der Waals surface area contributed by atoms with Gasteiger partial charge in [-0.25, -0.2) is 13.9 Å². The summed E-state index contributed by atoms with van der Waals surface area (Å²) in [4.78, 5) is 35.7. The Labute approximate surface area is 188 Å². The number of carbonyl (C=O) groups is 3. The van der Waals surface area contributed by atoms with E-state index in [1.807, 2.05) is 6.92 Å².